The van der Waals surface area contributed by atoms with Gasteiger partial charge in [0.15, 0.2) is 6.54 Å². The van der Waals surface area contributed by atoms with Crippen molar-refractivity contribution >= 4 is 45.1 Å². The fourth-order valence-corrected chi connectivity index (χ4v) is 3.77. The summed E-state index contributed by atoms with van der Waals surface area (Å²) in [5.74, 6) is -0.568. The number of methoxy groups -OCH3 is 1. The third-order valence-electron chi connectivity index (χ3n) is 4.62. The smallest absolute Gasteiger partial charge is 0.361 e. The third kappa shape index (κ3) is 5.48. The minimum absolute atomic E-state index is 0.102. The van der Waals surface area contributed by atoms with Crippen LogP contribution in [0.3, 0.4) is 0 Å². The summed E-state index contributed by atoms with van der Waals surface area (Å²) in [5, 5.41) is 5.40. The van der Waals surface area contributed by atoms with Crippen LogP contribution in [0.1, 0.15) is 27.5 Å². The van der Waals surface area contributed by atoms with Gasteiger partial charge in [-0.05, 0) is 36.4 Å². The van der Waals surface area contributed by atoms with E-state index >= 15 is 0 Å². The van der Waals surface area contributed by atoms with Crippen LogP contribution in [0.4, 0.5) is 5.69 Å². The quantitative estimate of drug-likeness (QED) is 0.490. The van der Waals surface area contributed by atoms with Gasteiger partial charge in [-0.25, -0.2) is 4.79 Å². The molecular formula is C23H21BrClN2O3+. The van der Waals surface area contributed by atoms with E-state index in [0.29, 0.717) is 16.3 Å². The Morgan fingerprint density at radius 3 is 2.43 bits per heavy atom. The molecule has 5 nitrogen and oxygen atoms in total. The van der Waals surface area contributed by atoms with E-state index < -0.39 is 0 Å². The van der Waals surface area contributed by atoms with E-state index in [2.05, 4.69) is 21.2 Å². The van der Waals surface area contributed by atoms with Crippen LogP contribution < -0.4 is 10.6 Å². The van der Waals surface area contributed by atoms with Gasteiger partial charge in [-0.2, -0.15) is 0 Å². The van der Waals surface area contributed by atoms with Gasteiger partial charge in [0.25, 0.3) is 5.91 Å². The van der Waals surface area contributed by atoms with E-state index in [-0.39, 0.29) is 24.5 Å². The number of carbonyl (C=O) groups is 2. The van der Waals surface area contributed by atoms with Crippen LogP contribution in [0.2, 0.25) is 5.02 Å². The lowest BCUT2D eigenvalue weighted by Crippen LogP contribution is -2.87. The first-order valence-corrected chi connectivity index (χ1v) is 10.5. The maximum Gasteiger partial charge on any atom is 0.361 e. The van der Waals surface area contributed by atoms with Gasteiger partial charge in [-0.3, -0.25) is 4.79 Å². The second kappa shape index (κ2) is 10.4. The van der Waals surface area contributed by atoms with Crippen LogP contribution >= 0.6 is 27.5 Å². The topological polar surface area (TPSA) is 72.0 Å². The van der Waals surface area contributed by atoms with Crippen molar-refractivity contribution in [2.24, 2.45) is 0 Å². The van der Waals surface area contributed by atoms with Gasteiger partial charge >= 0.3 is 5.97 Å². The molecule has 0 saturated carbocycles. The number of hydrogen-bond acceptors (Lipinski definition) is 3. The molecule has 7 heteroatoms. The van der Waals surface area contributed by atoms with Crippen LogP contribution in [-0.2, 0) is 9.53 Å². The molecule has 3 N–H and O–H groups in total. The molecule has 0 aromatic heterocycles. The number of rotatable bonds is 7. The molecule has 1 atom stereocenters. The second-order valence-electron chi connectivity index (χ2n) is 6.57. The van der Waals surface area contributed by atoms with Gasteiger partial charge in [0.1, 0.15) is 6.04 Å². The van der Waals surface area contributed by atoms with Crippen LogP contribution in [-0.4, -0.2) is 25.5 Å². The van der Waals surface area contributed by atoms with Crippen molar-refractivity contribution in [1.82, 2.24) is 0 Å². The van der Waals surface area contributed by atoms with E-state index in [1.54, 1.807) is 18.2 Å². The first-order chi connectivity index (χ1) is 14.5. The zero-order valence-corrected chi connectivity index (χ0v) is 18.6. The molecule has 154 valence electrons. The number of esters is 1. The number of hydrogen-bond donors (Lipinski definition) is 2. The molecule has 0 radical (unpaired) electrons. The number of quaternary nitrogens is 1. The number of benzene rings is 3. The van der Waals surface area contributed by atoms with E-state index in [9.17, 15) is 9.59 Å². The molecule has 3 aromatic rings. The Bertz CT molecular complexity index is 1040. The third-order valence-corrected chi connectivity index (χ3v) is 5.46. The van der Waals surface area contributed by atoms with Gasteiger partial charge in [0.2, 0.25) is 0 Å². The molecule has 0 unspecified atom stereocenters. The first kappa shape index (κ1) is 22.0. The number of ether oxygens (including phenoxy) is 1. The van der Waals surface area contributed by atoms with Gasteiger partial charge in [-0.1, -0.05) is 63.9 Å². The summed E-state index contributed by atoms with van der Waals surface area (Å²) in [6, 6.07) is 21.7. The first-order valence-electron chi connectivity index (χ1n) is 9.30. The molecule has 0 heterocycles. The molecule has 0 aliphatic rings. The highest BCUT2D eigenvalue weighted by molar-refractivity contribution is 9.10. The zero-order chi connectivity index (χ0) is 21.5. The average molecular weight is 489 g/mol. The SMILES string of the molecule is COC(=O)C[NH2+][C@@H](c1ccccc1Cl)c1cc(Br)ccc1NC(=O)c1ccccc1. The highest BCUT2D eigenvalue weighted by Gasteiger charge is 2.25. The van der Waals surface area contributed by atoms with Crippen molar-refractivity contribution in [3.8, 4) is 0 Å². The maximum absolute atomic E-state index is 12.8. The van der Waals surface area contributed by atoms with Crippen LogP contribution in [0, 0.1) is 0 Å². The molecule has 0 bridgehead atoms. The lowest BCUT2D eigenvalue weighted by atomic mass is 9.96. The Morgan fingerprint density at radius 2 is 1.73 bits per heavy atom. The number of halogens is 2. The van der Waals surface area contributed by atoms with Crippen molar-refractivity contribution in [3.63, 3.8) is 0 Å². The van der Waals surface area contributed by atoms with Crippen molar-refractivity contribution < 1.29 is 19.6 Å². The molecule has 0 aliphatic heterocycles. The summed E-state index contributed by atoms with van der Waals surface area (Å²) < 4.78 is 5.64. The summed E-state index contributed by atoms with van der Waals surface area (Å²) in [6.45, 7) is 0.102. The Balaban J connectivity index is 2.01. The average Bonchev–Trinajstić information content (AvgIpc) is 2.77. The molecule has 0 fully saturated rings. The van der Waals surface area contributed by atoms with E-state index in [0.717, 1.165) is 15.6 Å². The highest BCUT2D eigenvalue weighted by atomic mass is 79.9. The molecule has 0 spiro atoms. The van der Waals surface area contributed by atoms with E-state index in [4.69, 9.17) is 16.3 Å². The molecule has 0 saturated heterocycles. The Hall–Kier alpha value is -2.67. The largest absolute Gasteiger partial charge is 0.465 e. The number of nitrogens with one attached hydrogen (secondary N) is 1. The second-order valence-corrected chi connectivity index (χ2v) is 7.89. The fourth-order valence-electron chi connectivity index (χ4n) is 3.13. The Morgan fingerprint density at radius 1 is 1.03 bits per heavy atom. The van der Waals surface area contributed by atoms with Crippen LogP contribution in [0.5, 0.6) is 0 Å². The van der Waals surface area contributed by atoms with Gasteiger partial charge in [0, 0.05) is 21.2 Å². The van der Waals surface area contributed by atoms with Crippen molar-refractivity contribution in [2.75, 3.05) is 19.0 Å². The molecule has 30 heavy (non-hydrogen) atoms. The van der Waals surface area contributed by atoms with Crippen LogP contribution in [0.25, 0.3) is 0 Å². The number of amides is 1. The monoisotopic (exact) mass is 487 g/mol. The Labute approximate surface area is 188 Å². The van der Waals surface area contributed by atoms with Crippen molar-refractivity contribution in [1.29, 1.82) is 0 Å². The van der Waals surface area contributed by atoms with E-state index in [1.165, 1.54) is 7.11 Å². The number of nitrogens with two attached hydrogens (primary N) is 1. The fraction of sp³-hybridized carbons (Fsp3) is 0.130. The molecule has 0 aliphatic carbocycles. The minimum Gasteiger partial charge on any atom is -0.465 e. The predicted molar refractivity (Wildman–Crippen MR) is 121 cm³/mol. The summed E-state index contributed by atoms with van der Waals surface area (Å²) in [7, 11) is 1.35. The van der Waals surface area contributed by atoms with E-state index in [1.807, 2.05) is 59.9 Å². The molecule has 1 amide bonds. The van der Waals surface area contributed by atoms with Gasteiger partial charge in [0.05, 0.1) is 17.8 Å². The summed E-state index contributed by atoms with van der Waals surface area (Å²) in [4.78, 5) is 24.6. The van der Waals surface area contributed by atoms with Crippen LogP contribution in [0.15, 0.2) is 77.3 Å². The number of anilines is 1. The molecule has 3 rings (SSSR count). The minimum atomic E-state index is -0.350. The van der Waals surface area contributed by atoms with Crippen molar-refractivity contribution in [2.45, 2.75) is 6.04 Å². The summed E-state index contributed by atoms with van der Waals surface area (Å²) in [5.41, 5.74) is 2.83. The molecular weight excluding hydrogens is 468 g/mol. The normalized spacial score (nSPS) is 11.6. The summed E-state index contributed by atoms with van der Waals surface area (Å²) >= 11 is 9.99. The highest BCUT2D eigenvalue weighted by Crippen LogP contribution is 2.32. The van der Waals surface area contributed by atoms with Gasteiger partial charge < -0.3 is 15.4 Å². The van der Waals surface area contributed by atoms with Crippen molar-refractivity contribution in [3.05, 3.63) is 99.0 Å². The molecule has 3 aromatic carbocycles. The Kier molecular flexibility index (Phi) is 7.63. The maximum atomic E-state index is 12.8. The number of carbonyl (C=O) groups excluding carboxylic acids is 2. The summed E-state index contributed by atoms with van der Waals surface area (Å²) in [6.07, 6.45) is 0. The standard InChI is InChI=1S/C23H20BrClN2O3/c1-30-21(28)14-26-22(17-9-5-6-10-19(17)25)18-13-16(24)11-12-20(18)27-23(29)15-7-3-2-4-8-15/h2-13,22,26H,14H2,1H3,(H,27,29)/p+1/t22-/m0/s1. The van der Waals surface area contributed by atoms with Gasteiger partial charge in [-0.15, -0.1) is 0 Å². The lowest BCUT2D eigenvalue weighted by Gasteiger charge is -2.21. The predicted octanol–water partition coefficient (Wildman–Crippen LogP) is 4.18. The zero-order valence-electron chi connectivity index (χ0n) is 16.3. The lowest BCUT2D eigenvalue weighted by molar-refractivity contribution is -0.677.